The standard InChI is InChI=1S/C17H23N5O2/c1-12(2)8-19-16(24)17(3,4)22-11-14(10-20-22)21-15(23)13-6-5-7-18-9-13/h5-7,9-12H,8H2,1-4H3,(H,19,24)(H,21,23). The van der Waals surface area contributed by atoms with E-state index < -0.39 is 5.54 Å². The van der Waals surface area contributed by atoms with Crippen molar-refractivity contribution in [3.8, 4) is 0 Å². The Morgan fingerprint density at radius 2 is 2.04 bits per heavy atom. The number of nitrogens with one attached hydrogen (secondary N) is 2. The average molecular weight is 329 g/mol. The predicted molar refractivity (Wildman–Crippen MR) is 91.6 cm³/mol. The van der Waals surface area contributed by atoms with E-state index in [1.54, 1.807) is 43.1 Å². The second-order valence-electron chi connectivity index (χ2n) is 6.53. The zero-order chi connectivity index (χ0) is 17.7. The lowest BCUT2D eigenvalue weighted by Crippen LogP contribution is -2.45. The first-order chi connectivity index (χ1) is 11.3. The fraction of sp³-hybridized carbons (Fsp3) is 0.412. The number of hydrogen-bond acceptors (Lipinski definition) is 4. The maximum atomic E-state index is 12.4. The van der Waals surface area contributed by atoms with Crippen molar-refractivity contribution in [2.75, 3.05) is 11.9 Å². The molecule has 2 rings (SSSR count). The van der Waals surface area contributed by atoms with Crippen molar-refractivity contribution in [3.63, 3.8) is 0 Å². The van der Waals surface area contributed by atoms with Crippen molar-refractivity contribution in [2.24, 2.45) is 5.92 Å². The molecule has 2 heterocycles. The molecule has 0 atom stereocenters. The summed E-state index contributed by atoms with van der Waals surface area (Å²) >= 11 is 0. The minimum atomic E-state index is -0.855. The van der Waals surface area contributed by atoms with Gasteiger partial charge in [0.1, 0.15) is 5.54 Å². The third-order valence-corrected chi connectivity index (χ3v) is 3.56. The molecular formula is C17H23N5O2. The number of rotatable bonds is 6. The molecule has 2 aromatic rings. The van der Waals surface area contributed by atoms with Crippen molar-refractivity contribution in [1.29, 1.82) is 0 Å². The molecule has 0 fully saturated rings. The van der Waals surface area contributed by atoms with Crippen LogP contribution in [0.1, 0.15) is 38.1 Å². The molecule has 0 aromatic carbocycles. The summed E-state index contributed by atoms with van der Waals surface area (Å²) in [7, 11) is 0. The van der Waals surface area contributed by atoms with Crippen molar-refractivity contribution < 1.29 is 9.59 Å². The molecule has 24 heavy (non-hydrogen) atoms. The van der Waals surface area contributed by atoms with Crippen LogP contribution in [0, 0.1) is 5.92 Å². The van der Waals surface area contributed by atoms with Crippen LogP contribution < -0.4 is 10.6 Å². The number of carbonyl (C=O) groups is 2. The highest BCUT2D eigenvalue weighted by Crippen LogP contribution is 2.18. The van der Waals surface area contributed by atoms with Gasteiger partial charge in [-0.3, -0.25) is 19.3 Å². The molecule has 128 valence electrons. The van der Waals surface area contributed by atoms with Gasteiger partial charge >= 0.3 is 0 Å². The van der Waals surface area contributed by atoms with Gasteiger partial charge in [-0.2, -0.15) is 5.10 Å². The Bertz CT molecular complexity index is 707. The molecule has 2 aromatic heterocycles. The van der Waals surface area contributed by atoms with Crippen molar-refractivity contribution in [1.82, 2.24) is 20.1 Å². The topological polar surface area (TPSA) is 88.9 Å². The number of amides is 2. The molecule has 2 amide bonds. The number of anilines is 1. The lowest BCUT2D eigenvalue weighted by molar-refractivity contribution is -0.129. The van der Waals surface area contributed by atoms with E-state index in [0.29, 0.717) is 23.7 Å². The Hall–Kier alpha value is -2.70. The monoisotopic (exact) mass is 329 g/mol. The Balaban J connectivity index is 2.06. The molecule has 0 unspecified atom stereocenters. The summed E-state index contributed by atoms with van der Waals surface area (Å²) in [6.45, 7) is 8.24. The molecule has 7 heteroatoms. The van der Waals surface area contributed by atoms with Gasteiger partial charge in [-0.25, -0.2) is 0 Å². The Labute approximate surface area is 141 Å². The molecule has 0 spiro atoms. The van der Waals surface area contributed by atoms with Crippen LogP contribution in [0.15, 0.2) is 36.9 Å². The van der Waals surface area contributed by atoms with E-state index in [1.807, 2.05) is 13.8 Å². The third kappa shape index (κ3) is 4.18. The van der Waals surface area contributed by atoms with Gasteiger partial charge in [0.05, 0.1) is 17.4 Å². The first-order valence-corrected chi connectivity index (χ1v) is 7.85. The maximum absolute atomic E-state index is 12.4. The lowest BCUT2D eigenvalue weighted by atomic mass is 10.0. The number of aromatic nitrogens is 3. The van der Waals surface area contributed by atoms with Crippen LogP contribution in [0.5, 0.6) is 0 Å². The van der Waals surface area contributed by atoms with Gasteiger partial charge < -0.3 is 10.6 Å². The van der Waals surface area contributed by atoms with Gasteiger partial charge in [0, 0.05) is 25.1 Å². The van der Waals surface area contributed by atoms with Crippen LogP contribution in [0.25, 0.3) is 0 Å². The van der Waals surface area contributed by atoms with Gasteiger partial charge in [0.2, 0.25) is 5.91 Å². The van der Waals surface area contributed by atoms with Crippen molar-refractivity contribution in [3.05, 3.63) is 42.5 Å². The van der Waals surface area contributed by atoms with E-state index in [2.05, 4.69) is 20.7 Å². The van der Waals surface area contributed by atoms with Crippen LogP contribution in [0.2, 0.25) is 0 Å². The Kier molecular flexibility index (Phi) is 5.33. The van der Waals surface area contributed by atoms with E-state index in [0.717, 1.165) is 0 Å². The summed E-state index contributed by atoms with van der Waals surface area (Å²) in [5.41, 5.74) is 0.124. The molecule has 7 nitrogen and oxygen atoms in total. The number of nitrogens with zero attached hydrogens (tertiary/aromatic N) is 3. The summed E-state index contributed by atoms with van der Waals surface area (Å²) in [4.78, 5) is 28.4. The molecule has 0 aliphatic heterocycles. The van der Waals surface area contributed by atoms with Gasteiger partial charge in [-0.05, 0) is 31.9 Å². The highest BCUT2D eigenvalue weighted by atomic mass is 16.2. The molecule has 0 aliphatic rings. The quantitative estimate of drug-likeness (QED) is 0.849. The molecule has 2 N–H and O–H groups in total. The second-order valence-corrected chi connectivity index (χ2v) is 6.53. The SMILES string of the molecule is CC(C)CNC(=O)C(C)(C)n1cc(NC(=O)c2cccnc2)cn1. The van der Waals surface area contributed by atoms with Gasteiger partial charge in [0.15, 0.2) is 0 Å². The largest absolute Gasteiger partial charge is 0.354 e. The third-order valence-electron chi connectivity index (χ3n) is 3.56. The normalized spacial score (nSPS) is 11.4. The van der Waals surface area contributed by atoms with E-state index in [4.69, 9.17) is 0 Å². The van der Waals surface area contributed by atoms with E-state index in [-0.39, 0.29) is 11.8 Å². The first kappa shape index (κ1) is 17.7. The zero-order valence-corrected chi connectivity index (χ0v) is 14.4. The van der Waals surface area contributed by atoms with Crippen LogP contribution in [0.3, 0.4) is 0 Å². The fourth-order valence-electron chi connectivity index (χ4n) is 2.01. The highest BCUT2D eigenvalue weighted by molar-refractivity contribution is 6.03. The van der Waals surface area contributed by atoms with Gasteiger partial charge in [-0.15, -0.1) is 0 Å². The molecule has 0 saturated carbocycles. The summed E-state index contributed by atoms with van der Waals surface area (Å²) in [5.74, 6) is -0.0224. The van der Waals surface area contributed by atoms with E-state index in [9.17, 15) is 9.59 Å². The molecule has 0 saturated heterocycles. The number of hydrogen-bond donors (Lipinski definition) is 2. The van der Waals surface area contributed by atoms with Crippen molar-refractivity contribution >= 4 is 17.5 Å². The highest BCUT2D eigenvalue weighted by Gasteiger charge is 2.30. The smallest absolute Gasteiger partial charge is 0.257 e. The zero-order valence-electron chi connectivity index (χ0n) is 14.4. The summed E-state index contributed by atoms with van der Waals surface area (Å²) < 4.78 is 1.54. The summed E-state index contributed by atoms with van der Waals surface area (Å²) in [6, 6.07) is 3.37. The lowest BCUT2D eigenvalue weighted by Gasteiger charge is -2.24. The number of carbonyl (C=O) groups excluding carboxylic acids is 2. The Morgan fingerprint density at radius 3 is 2.67 bits per heavy atom. The van der Waals surface area contributed by atoms with Gasteiger partial charge in [0.25, 0.3) is 5.91 Å². The minimum absolute atomic E-state index is 0.121. The van der Waals surface area contributed by atoms with Crippen molar-refractivity contribution in [2.45, 2.75) is 33.2 Å². The van der Waals surface area contributed by atoms with Crippen LogP contribution >= 0.6 is 0 Å². The first-order valence-electron chi connectivity index (χ1n) is 7.85. The summed E-state index contributed by atoms with van der Waals surface area (Å²) in [6.07, 6.45) is 6.26. The molecule has 0 radical (unpaired) electrons. The minimum Gasteiger partial charge on any atom is -0.354 e. The average Bonchev–Trinajstić information content (AvgIpc) is 3.02. The van der Waals surface area contributed by atoms with Crippen LogP contribution in [0.4, 0.5) is 5.69 Å². The number of pyridine rings is 1. The summed E-state index contributed by atoms with van der Waals surface area (Å²) in [5, 5.41) is 9.86. The Morgan fingerprint density at radius 1 is 1.29 bits per heavy atom. The molecular weight excluding hydrogens is 306 g/mol. The fourth-order valence-corrected chi connectivity index (χ4v) is 2.01. The molecule has 0 aliphatic carbocycles. The maximum Gasteiger partial charge on any atom is 0.257 e. The van der Waals surface area contributed by atoms with E-state index >= 15 is 0 Å². The predicted octanol–water partition coefficient (Wildman–Crippen LogP) is 2.04. The second kappa shape index (κ2) is 7.25. The van der Waals surface area contributed by atoms with Gasteiger partial charge in [-0.1, -0.05) is 13.8 Å². The molecule has 0 bridgehead atoms. The van der Waals surface area contributed by atoms with E-state index in [1.165, 1.54) is 12.4 Å². The van der Waals surface area contributed by atoms with Crippen LogP contribution in [-0.2, 0) is 10.3 Å². The van der Waals surface area contributed by atoms with Crippen LogP contribution in [-0.4, -0.2) is 33.1 Å².